The monoisotopic (exact) mass is 340 g/mol. The van der Waals surface area contributed by atoms with Gasteiger partial charge >= 0.3 is 0 Å². The molecule has 4 rings (SSSR count). The van der Waals surface area contributed by atoms with Gasteiger partial charge in [-0.25, -0.2) is 0 Å². The van der Waals surface area contributed by atoms with Crippen LogP contribution in [0.2, 0.25) is 0 Å². The lowest BCUT2D eigenvalue weighted by atomic mass is 9.80. The Hall–Kier alpha value is -1.78. The van der Waals surface area contributed by atoms with E-state index >= 15 is 0 Å². The van der Waals surface area contributed by atoms with Crippen LogP contribution in [-0.4, -0.2) is 14.8 Å². The Morgan fingerprint density at radius 2 is 2.17 bits per heavy atom. The molecule has 3 aliphatic rings. The Morgan fingerprint density at radius 3 is 2.96 bits per heavy atom. The average molecular weight is 340 g/mol. The van der Waals surface area contributed by atoms with Gasteiger partial charge in [0.15, 0.2) is 0 Å². The molecule has 4 heteroatoms. The number of thioether (sulfide) groups is 1. The minimum atomic E-state index is -0.0480. The highest BCUT2D eigenvalue weighted by Gasteiger charge is 2.53. The highest BCUT2D eigenvalue weighted by atomic mass is 32.2. The Bertz CT molecular complexity index is 791. The van der Waals surface area contributed by atoms with Crippen LogP contribution in [0.3, 0.4) is 0 Å². The first kappa shape index (κ1) is 17.1. The van der Waals surface area contributed by atoms with Crippen LogP contribution in [0.4, 0.5) is 0 Å². The van der Waals surface area contributed by atoms with Crippen molar-refractivity contribution in [2.75, 3.05) is 0 Å². The van der Waals surface area contributed by atoms with E-state index in [1.807, 2.05) is 30.1 Å². The number of hydrogen-bond acceptors (Lipinski definition) is 4. The van der Waals surface area contributed by atoms with Gasteiger partial charge < -0.3 is 11.3 Å². The predicted octanol–water partition coefficient (Wildman–Crippen LogP) is 5.51. The summed E-state index contributed by atoms with van der Waals surface area (Å²) in [6.07, 6.45) is 10.7. The molecule has 1 aromatic rings. The second-order valence-electron chi connectivity index (χ2n) is 6.47. The van der Waals surface area contributed by atoms with E-state index in [2.05, 4.69) is 30.6 Å². The standard InChI is InChI=1S/C20H21NOS.H3N/c1-3-18-14(7-6-10-21-18)12-23-20-11-17(20)19(22)13(2)15-8-4-5-9-16(15)20;/h3,6-7,10-11,22H,1,4-5,8-9,12H2,2H3;1H3. The molecule has 0 spiro atoms. The normalized spacial score (nSPS) is 24.6. The van der Waals surface area contributed by atoms with Crippen LogP contribution < -0.4 is 6.15 Å². The van der Waals surface area contributed by atoms with Gasteiger partial charge in [0, 0.05) is 17.5 Å². The van der Waals surface area contributed by atoms with Gasteiger partial charge in [0.25, 0.3) is 0 Å². The zero-order valence-electron chi connectivity index (χ0n) is 14.1. The van der Waals surface area contributed by atoms with Gasteiger partial charge in [-0.1, -0.05) is 18.7 Å². The molecular formula is C20H24N2OS. The van der Waals surface area contributed by atoms with E-state index in [4.69, 9.17) is 0 Å². The van der Waals surface area contributed by atoms with Gasteiger partial charge in [0.2, 0.25) is 0 Å². The summed E-state index contributed by atoms with van der Waals surface area (Å²) in [5, 5.41) is 10.5. The van der Waals surface area contributed by atoms with Crippen molar-refractivity contribution in [3.8, 4) is 0 Å². The van der Waals surface area contributed by atoms with E-state index in [0.29, 0.717) is 5.76 Å². The summed E-state index contributed by atoms with van der Waals surface area (Å²) in [4.78, 5) is 4.39. The minimum Gasteiger partial charge on any atom is -0.507 e. The van der Waals surface area contributed by atoms with Crippen molar-refractivity contribution in [2.24, 2.45) is 0 Å². The average Bonchev–Trinajstić information content (AvgIpc) is 3.35. The summed E-state index contributed by atoms with van der Waals surface area (Å²) in [6, 6.07) is 4.10. The maximum atomic E-state index is 10.5. The zero-order chi connectivity index (χ0) is 16.0. The molecule has 0 fully saturated rings. The van der Waals surface area contributed by atoms with E-state index in [-0.39, 0.29) is 10.9 Å². The first-order valence-electron chi connectivity index (χ1n) is 8.24. The molecule has 1 atom stereocenters. The second kappa shape index (κ2) is 6.26. The molecule has 0 aromatic carbocycles. The molecule has 1 aromatic heterocycles. The van der Waals surface area contributed by atoms with E-state index < -0.39 is 0 Å². The first-order valence-corrected chi connectivity index (χ1v) is 9.22. The van der Waals surface area contributed by atoms with Crippen LogP contribution in [0, 0.1) is 0 Å². The van der Waals surface area contributed by atoms with Crippen molar-refractivity contribution in [1.82, 2.24) is 11.1 Å². The van der Waals surface area contributed by atoms with Crippen molar-refractivity contribution in [2.45, 2.75) is 43.1 Å². The molecule has 1 unspecified atom stereocenters. The third-order valence-corrected chi connectivity index (χ3v) is 6.71. The number of rotatable bonds is 4. The zero-order valence-corrected chi connectivity index (χ0v) is 15.0. The van der Waals surface area contributed by atoms with Crippen LogP contribution in [0.5, 0.6) is 0 Å². The quantitative estimate of drug-likeness (QED) is 0.758. The Morgan fingerprint density at radius 1 is 1.38 bits per heavy atom. The van der Waals surface area contributed by atoms with Gasteiger partial charge in [-0.2, -0.15) is 0 Å². The summed E-state index contributed by atoms with van der Waals surface area (Å²) in [5.41, 5.74) is 7.36. The number of aliphatic hydroxyl groups excluding tert-OH is 1. The molecule has 126 valence electrons. The molecule has 4 N–H and O–H groups in total. The van der Waals surface area contributed by atoms with Crippen LogP contribution in [-0.2, 0) is 5.75 Å². The molecule has 0 aliphatic heterocycles. The maximum absolute atomic E-state index is 10.5. The third kappa shape index (κ3) is 2.45. The van der Waals surface area contributed by atoms with Gasteiger partial charge in [-0.05, 0) is 67.0 Å². The molecule has 0 radical (unpaired) electrons. The largest absolute Gasteiger partial charge is 0.507 e. The Labute approximate surface area is 147 Å². The number of nitrogens with zero attached hydrogens (tertiary/aromatic N) is 1. The number of pyridine rings is 1. The molecule has 3 aliphatic carbocycles. The lowest BCUT2D eigenvalue weighted by Gasteiger charge is -2.33. The van der Waals surface area contributed by atoms with Gasteiger partial charge in [0.1, 0.15) is 5.76 Å². The van der Waals surface area contributed by atoms with Gasteiger partial charge in [-0.3, -0.25) is 4.98 Å². The van der Waals surface area contributed by atoms with Crippen molar-refractivity contribution in [3.05, 3.63) is 70.3 Å². The second-order valence-corrected chi connectivity index (χ2v) is 7.69. The van der Waals surface area contributed by atoms with Crippen LogP contribution in [0.25, 0.3) is 6.08 Å². The highest BCUT2D eigenvalue weighted by molar-refractivity contribution is 8.00. The highest BCUT2D eigenvalue weighted by Crippen LogP contribution is 2.62. The SMILES string of the molecule is C=Cc1ncccc1CSC12C=C1C(O)=C(C)C1=C2CCCC1.N. The molecule has 24 heavy (non-hydrogen) atoms. The molecule has 0 saturated carbocycles. The van der Waals surface area contributed by atoms with Crippen molar-refractivity contribution < 1.29 is 5.11 Å². The van der Waals surface area contributed by atoms with Crippen molar-refractivity contribution >= 4 is 17.8 Å². The topological polar surface area (TPSA) is 68.1 Å². The van der Waals surface area contributed by atoms with Crippen LogP contribution >= 0.6 is 11.8 Å². The Kier molecular flexibility index (Phi) is 4.45. The maximum Gasteiger partial charge on any atom is 0.123 e. The molecule has 1 heterocycles. The Balaban J connectivity index is 0.00000169. The van der Waals surface area contributed by atoms with E-state index in [1.54, 1.807) is 5.57 Å². The summed E-state index contributed by atoms with van der Waals surface area (Å²) in [7, 11) is 0. The minimum absolute atomic E-state index is 0. The van der Waals surface area contributed by atoms with Crippen LogP contribution in [0.1, 0.15) is 43.9 Å². The summed E-state index contributed by atoms with van der Waals surface area (Å²) < 4.78 is -0.0480. The van der Waals surface area contributed by atoms with E-state index in [1.165, 1.54) is 24.0 Å². The third-order valence-electron chi connectivity index (χ3n) is 5.22. The summed E-state index contributed by atoms with van der Waals surface area (Å²) in [5.74, 6) is 1.41. The fourth-order valence-corrected chi connectivity index (χ4v) is 5.37. The summed E-state index contributed by atoms with van der Waals surface area (Å²) >= 11 is 1.92. The van der Waals surface area contributed by atoms with Crippen molar-refractivity contribution in [1.29, 1.82) is 0 Å². The van der Waals surface area contributed by atoms with Crippen LogP contribution in [0.15, 0.2) is 59.0 Å². The fourth-order valence-electron chi connectivity index (χ4n) is 3.89. The number of fused-ring (bicyclic) bond motifs is 2. The van der Waals surface area contributed by atoms with Crippen molar-refractivity contribution in [3.63, 3.8) is 0 Å². The van der Waals surface area contributed by atoms with E-state index in [9.17, 15) is 5.11 Å². The first-order chi connectivity index (χ1) is 11.2. The lowest BCUT2D eigenvalue weighted by Crippen LogP contribution is -2.23. The molecule has 3 nitrogen and oxygen atoms in total. The number of allylic oxidation sites excluding steroid dienone is 3. The van der Waals surface area contributed by atoms with Gasteiger partial charge in [-0.15, -0.1) is 11.8 Å². The predicted molar refractivity (Wildman–Crippen MR) is 102 cm³/mol. The number of aliphatic hydroxyl groups is 1. The van der Waals surface area contributed by atoms with E-state index in [0.717, 1.165) is 35.4 Å². The number of hydrogen-bond donors (Lipinski definition) is 2. The molecule has 0 bridgehead atoms. The lowest BCUT2D eigenvalue weighted by molar-refractivity contribution is 0.414. The number of aromatic nitrogens is 1. The molecule has 0 saturated heterocycles. The van der Waals surface area contributed by atoms with Gasteiger partial charge in [0.05, 0.1) is 10.4 Å². The summed E-state index contributed by atoms with van der Waals surface area (Å²) in [6.45, 7) is 5.93. The fraction of sp³-hybridized carbons (Fsp3) is 0.350. The molecular weight excluding hydrogens is 316 g/mol. The smallest absolute Gasteiger partial charge is 0.123 e. The molecule has 0 amide bonds.